The fourth-order valence-electron chi connectivity index (χ4n) is 3.21. The third-order valence-electron chi connectivity index (χ3n) is 4.43. The zero-order valence-corrected chi connectivity index (χ0v) is 14.0. The Morgan fingerprint density at radius 3 is 2.52 bits per heavy atom. The van der Waals surface area contributed by atoms with Crippen molar-refractivity contribution in [3.8, 4) is 11.3 Å². The molecule has 0 saturated heterocycles. The lowest BCUT2D eigenvalue weighted by molar-refractivity contribution is -0.126. The molecule has 1 aliphatic rings. The second kappa shape index (κ2) is 6.41. The molecule has 0 saturated carbocycles. The maximum absolute atomic E-state index is 12.6. The van der Waals surface area contributed by atoms with Crippen LogP contribution in [0.15, 0.2) is 35.9 Å². The number of carbonyl (C=O) groups excluding carboxylic acids is 1. The average Bonchev–Trinajstić information content (AvgIpc) is 2.91. The summed E-state index contributed by atoms with van der Waals surface area (Å²) in [5, 5.41) is 0. The molecule has 1 aromatic carbocycles. The van der Waals surface area contributed by atoms with Crippen LogP contribution in [0.2, 0.25) is 0 Å². The van der Waals surface area contributed by atoms with Crippen LogP contribution in [-0.2, 0) is 11.2 Å². The van der Waals surface area contributed by atoms with Crippen molar-refractivity contribution in [1.82, 2.24) is 14.5 Å². The first-order valence-electron chi connectivity index (χ1n) is 8.28. The van der Waals surface area contributed by atoms with Crippen LogP contribution >= 0.6 is 0 Å². The number of carbonyl (C=O) groups is 1. The summed E-state index contributed by atoms with van der Waals surface area (Å²) in [5.74, 6) is 1.18. The van der Waals surface area contributed by atoms with Crippen molar-refractivity contribution in [3.05, 3.63) is 47.4 Å². The molecule has 0 spiro atoms. The van der Waals surface area contributed by atoms with Crippen molar-refractivity contribution >= 4 is 12.1 Å². The maximum atomic E-state index is 12.6. The highest BCUT2D eigenvalue weighted by atomic mass is 16.2. The average molecular weight is 309 g/mol. The molecule has 0 bridgehead atoms. The zero-order chi connectivity index (χ0) is 16.4. The van der Waals surface area contributed by atoms with Crippen molar-refractivity contribution in [1.29, 1.82) is 0 Å². The highest BCUT2D eigenvalue weighted by molar-refractivity contribution is 5.97. The number of imidazole rings is 1. The van der Waals surface area contributed by atoms with Gasteiger partial charge < -0.3 is 9.47 Å². The molecule has 1 amide bonds. The first-order chi connectivity index (χ1) is 11.2. The van der Waals surface area contributed by atoms with Gasteiger partial charge >= 0.3 is 0 Å². The van der Waals surface area contributed by atoms with Gasteiger partial charge in [-0.2, -0.15) is 0 Å². The third kappa shape index (κ3) is 2.81. The first-order valence-corrected chi connectivity index (χ1v) is 8.28. The smallest absolute Gasteiger partial charge is 0.251 e. The zero-order valence-electron chi connectivity index (χ0n) is 14.0. The molecule has 0 atom stereocenters. The third-order valence-corrected chi connectivity index (χ3v) is 4.43. The minimum absolute atomic E-state index is 0.144. The Bertz CT molecular complexity index is 739. The number of nitrogens with zero attached hydrogens (tertiary/aromatic N) is 3. The molecular formula is C19H23N3O. The van der Waals surface area contributed by atoms with Gasteiger partial charge in [-0.05, 0) is 27.2 Å². The Labute approximate surface area is 137 Å². The van der Waals surface area contributed by atoms with Gasteiger partial charge in [-0.1, -0.05) is 30.3 Å². The number of rotatable bonds is 4. The molecule has 2 heterocycles. The second-order valence-corrected chi connectivity index (χ2v) is 5.83. The van der Waals surface area contributed by atoms with Gasteiger partial charge in [-0.3, -0.25) is 4.79 Å². The van der Waals surface area contributed by atoms with Crippen molar-refractivity contribution in [2.75, 3.05) is 13.1 Å². The van der Waals surface area contributed by atoms with Gasteiger partial charge in [-0.15, -0.1) is 0 Å². The van der Waals surface area contributed by atoms with Gasteiger partial charge in [0.2, 0.25) is 0 Å². The number of aryl methyl sites for hydroxylation is 2. The summed E-state index contributed by atoms with van der Waals surface area (Å²) in [6.45, 7) is 7.56. The number of likely N-dealkylation sites (N-methyl/N-ethyl adjacent to an activating group) is 1. The van der Waals surface area contributed by atoms with Crippen molar-refractivity contribution in [2.45, 2.75) is 33.6 Å². The fourth-order valence-corrected chi connectivity index (χ4v) is 3.21. The van der Waals surface area contributed by atoms with Crippen molar-refractivity contribution < 1.29 is 4.79 Å². The van der Waals surface area contributed by atoms with Gasteiger partial charge in [0.05, 0.1) is 11.4 Å². The molecule has 3 rings (SSSR count). The van der Waals surface area contributed by atoms with E-state index >= 15 is 0 Å². The monoisotopic (exact) mass is 309 g/mol. The summed E-state index contributed by atoms with van der Waals surface area (Å²) >= 11 is 0. The van der Waals surface area contributed by atoms with Crippen molar-refractivity contribution in [2.24, 2.45) is 0 Å². The van der Waals surface area contributed by atoms with E-state index in [0.29, 0.717) is 0 Å². The summed E-state index contributed by atoms with van der Waals surface area (Å²) in [4.78, 5) is 19.2. The SMILES string of the molecule is CCN(CC)C(=O)C1=Cn2c(nc(C)c2-c2ccccc2)CC1. The molecular weight excluding hydrogens is 286 g/mol. The minimum Gasteiger partial charge on any atom is -0.339 e. The van der Waals surface area contributed by atoms with E-state index in [1.54, 1.807) is 0 Å². The molecule has 120 valence electrons. The number of fused-ring (bicyclic) bond motifs is 1. The first kappa shape index (κ1) is 15.5. The molecule has 0 aliphatic carbocycles. The Balaban J connectivity index is 2.04. The van der Waals surface area contributed by atoms with Crippen LogP contribution in [0.5, 0.6) is 0 Å². The Morgan fingerprint density at radius 1 is 1.17 bits per heavy atom. The van der Waals surface area contributed by atoms with Crippen LogP contribution < -0.4 is 0 Å². The molecule has 2 aromatic rings. The summed E-state index contributed by atoms with van der Waals surface area (Å²) in [6, 6.07) is 10.3. The standard InChI is InChI=1S/C19H23N3O/c1-4-21(5-2)19(23)16-11-12-17-20-14(3)18(22(17)13-16)15-9-7-6-8-10-15/h6-10,13H,4-5,11-12H2,1-3H3. The molecule has 0 N–H and O–H groups in total. The molecule has 4 nitrogen and oxygen atoms in total. The van der Waals surface area contributed by atoms with E-state index in [0.717, 1.165) is 54.3 Å². The lowest BCUT2D eigenvalue weighted by Crippen LogP contribution is -2.32. The summed E-state index contributed by atoms with van der Waals surface area (Å²) < 4.78 is 2.10. The molecule has 0 unspecified atom stereocenters. The summed E-state index contributed by atoms with van der Waals surface area (Å²) in [6.07, 6.45) is 3.56. The van der Waals surface area contributed by atoms with Crippen LogP contribution in [-0.4, -0.2) is 33.4 Å². The summed E-state index contributed by atoms with van der Waals surface area (Å²) in [7, 11) is 0. The predicted molar refractivity (Wildman–Crippen MR) is 92.9 cm³/mol. The number of aromatic nitrogens is 2. The van der Waals surface area contributed by atoms with Gasteiger partial charge in [0.25, 0.3) is 5.91 Å². The topological polar surface area (TPSA) is 38.1 Å². The van der Waals surface area contributed by atoms with Crippen LogP contribution in [0.1, 0.15) is 31.8 Å². The lowest BCUT2D eigenvalue weighted by Gasteiger charge is -2.23. The van der Waals surface area contributed by atoms with E-state index in [2.05, 4.69) is 16.7 Å². The number of benzene rings is 1. The number of hydrogen-bond donors (Lipinski definition) is 0. The quantitative estimate of drug-likeness (QED) is 0.867. The van der Waals surface area contributed by atoms with Crippen LogP contribution in [0, 0.1) is 6.92 Å². The highest BCUT2D eigenvalue weighted by Gasteiger charge is 2.23. The van der Waals surface area contributed by atoms with Gasteiger partial charge in [0.15, 0.2) is 0 Å². The molecule has 23 heavy (non-hydrogen) atoms. The second-order valence-electron chi connectivity index (χ2n) is 5.83. The predicted octanol–water partition coefficient (Wildman–Crippen LogP) is 3.51. The molecule has 4 heteroatoms. The number of amides is 1. The van der Waals surface area contributed by atoms with Crippen LogP contribution in [0.4, 0.5) is 0 Å². The van der Waals surface area contributed by atoms with Gasteiger partial charge in [-0.25, -0.2) is 4.98 Å². The molecule has 0 fully saturated rings. The minimum atomic E-state index is 0.144. The van der Waals surface area contributed by atoms with Crippen LogP contribution in [0.3, 0.4) is 0 Å². The normalized spacial score (nSPS) is 13.4. The Hall–Kier alpha value is -2.36. The molecule has 0 radical (unpaired) electrons. The highest BCUT2D eigenvalue weighted by Crippen LogP contribution is 2.30. The maximum Gasteiger partial charge on any atom is 0.251 e. The van der Waals surface area contributed by atoms with E-state index in [-0.39, 0.29) is 5.91 Å². The fraction of sp³-hybridized carbons (Fsp3) is 0.368. The van der Waals surface area contributed by atoms with E-state index in [4.69, 9.17) is 4.98 Å². The van der Waals surface area contributed by atoms with Gasteiger partial charge in [0, 0.05) is 36.8 Å². The molecule has 1 aliphatic heterocycles. The lowest BCUT2D eigenvalue weighted by atomic mass is 10.1. The van der Waals surface area contributed by atoms with Crippen LogP contribution in [0.25, 0.3) is 17.5 Å². The van der Waals surface area contributed by atoms with E-state index < -0.39 is 0 Å². The summed E-state index contributed by atoms with van der Waals surface area (Å²) in [5.41, 5.74) is 4.11. The Morgan fingerprint density at radius 2 is 1.87 bits per heavy atom. The Kier molecular flexibility index (Phi) is 4.33. The van der Waals surface area contributed by atoms with E-state index in [9.17, 15) is 4.79 Å². The largest absolute Gasteiger partial charge is 0.339 e. The van der Waals surface area contributed by atoms with Gasteiger partial charge in [0.1, 0.15) is 5.82 Å². The van der Waals surface area contributed by atoms with Crippen molar-refractivity contribution in [3.63, 3.8) is 0 Å². The molecule has 1 aromatic heterocycles. The number of hydrogen-bond acceptors (Lipinski definition) is 2. The van der Waals surface area contributed by atoms with E-state index in [1.165, 1.54) is 0 Å². The van der Waals surface area contributed by atoms with E-state index in [1.807, 2.05) is 50.1 Å².